The van der Waals surface area contributed by atoms with E-state index in [2.05, 4.69) is 10.3 Å². The summed E-state index contributed by atoms with van der Waals surface area (Å²) in [6, 6.07) is 5.75. The number of nitrogens with one attached hydrogen (secondary N) is 1. The minimum absolute atomic E-state index is 0.0210. The third kappa shape index (κ3) is 2.92. The Balaban J connectivity index is 1.97. The topological polar surface area (TPSA) is 89.8 Å². The molecule has 1 aliphatic heterocycles. The number of halogens is 3. The van der Waals surface area contributed by atoms with E-state index in [9.17, 15) is 18.0 Å². The Morgan fingerprint density at radius 3 is 2.80 bits per heavy atom. The molecule has 2 heterocycles. The van der Waals surface area contributed by atoms with Crippen LogP contribution >= 0.6 is 0 Å². The van der Waals surface area contributed by atoms with Gasteiger partial charge in [-0.25, -0.2) is 9.38 Å². The molecule has 0 saturated carbocycles. The van der Waals surface area contributed by atoms with Crippen LogP contribution in [-0.4, -0.2) is 24.4 Å². The molecule has 6 nitrogen and oxygen atoms in total. The molecule has 9 heteroatoms. The summed E-state index contributed by atoms with van der Waals surface area (Å²) in [5, 5.41) is 2.45. The second-order valence-corrected chi connectivity index (χ2v) is 5.62. The van der Waals surface area contributed by atoms with Gasteiger partial charge in [-0.15, -0.1) is 0 Å². The number of benzene rings is 1. The predicted molar refractivity (Wildman–Crippen MR) is 82.9 cm³/mol. The molecule has 1 aromatic heterocycles. The fourth-order valence-electron chi connectivity index (χ4n) is 2.47. The number of hydrogen-bond donors (Lipinski definition) is 2. The van der Waals surface area contributed by atoms with Crippen molar-refractivity contribution in [2.24, 2.45) is 10.7 Å². The fraction of sp³-hybridized carbons (Fsp3) is 0.250. The van der Waals surface area contributed by atoms with E-state index in [4.69, 9.17) is 14.9 Å². The summed E-state index contributed by atoms with van der Waals surface area (Å²) in [6.45, 7) is 0.0862. The van der Waals surface area contributed by atoms with Crippen LogP contribution in [0.1, 0.15) is 23.0 Å². The molecule has 3 N–H and O–H groups in total. The lowest BCUT2D eigenvalue weighted by atomic mass is 9.87. The van der Waals surface area contributed by atoms with Crippen molar-refractivity contribution in [3.63, 3.8) is 0 Å². The first-order valence-corrected chi connectivity index (χ1v) is 7.24. The molecule has 0 bridgehead atoms. The van der Waals surface area contributed by atoms with Crippen molar-refractivity contribution in [2.75, 3.05) is 11.9 Å². The zero-order valence-electron chi connectivity index (χ0n) is 13.1. The summed E-state index contributed by atoms with van der Waals surface area (Å²) in [5.74, 6) is -5.01. The Kier molecular flexibility index (Phi) is 3.94. The number of alkyl halides is 2. The van der Waals surface area contributed by atoms with E-state index in [1.165, 1.54) is 24.5 Å². The van der Waals surface area contributed by atoms with Crippen molar-refractivity contribution in [1.82, 2.24) is 0 Å². The molecule has 0 fully saturated rings. The number of anilines is 1. The van der Waals surface area contributed by atoms with E-state index < -0.39 is 41.4 Å². The Morgan fingerprint density at radius 1 is 1.36 bits per heavy atom. The van der Waals surface area contributed by atoms with Crippen molar-refractivity contribution in [1.29, 1.82) is 0 Å². The molecule has 3 rings (SSSR count). The van der Waals surface area contributed by atoms with E-state index in [0.717, 1.165) is 19.1 Å². The molecule has 132 valence electrons. The third-order valence-corrected chi connectivity index (χ3v) is 3.92. The van der Waals surface area contributed by atoms with Gasteiger partial charge in [-0.2, -0.15) is 8.78 Å². The van der Waals surface area contributed by atoms with Crippen molar-refractivity contribution in [3.8, 4) is 0 Å². The molecule has 25 heavy (non-hydrogen) atoms. The Labute approximate surface area is 140 Å². The summed E-state index contributed by atoms with van der Waals surface area (Å²) in [6.07, 6.45) is 1.31. The highest BCUT2D eigenvalue weighted by atomic mass is 19.3. The van der Waals surface area contributed by atoms with Gasteiger partial charge >= 0.3 is 5.92 Å². The van der Waals surface area contributed by atoms with Gasteiger partial charge in [0, 0.05) is 11.3 Å². The Bertz CT molecular complexity index is 836. The van der Waals surface area contributed by atoms with Gasteiger partial charge in [-0.1, -0.05) is 0 Å². The maximum Gasteiger partial charge on any atom is 0.310 e. The number of aliphatic imine (C=N–C) groups is 1. The minimum Gasteiger partial charge on any atom is -0.459 e. The molecule has 1 aliphatic rings. The number of carbonyl (C=O) groups is 1. The lowest BCUT2D eigenvalue weighted by molar-refractivity contribution is -0.173. The summed E-state index contributed by atoms with van der Waals surface area (Å²) in [7, 11) is 0. The van der Waals surface area contributed by atoms with Gasteiger partial charge in [0.1, 0.15) is 12.4 Å². The molecule has 0 unspecified atom stereocenters. The second-order valence-electron chi connectivity index (χ2n) is 5.62. The van der Waals surface area contributed by atoms with Crippen LogP contribution in [0.15, 0.2) is 46.0 Å². The molecule has 2 aromatic rings. The Morgan fingerprint density at radius 2 is 2.12 bits per heavy atom. The van der Waals surface area contributed by atoms with E-state index in [-0.39, 0.29) is 11.4 Å². The number of amidine groups is 1. The second kappa shape index (κ2) is 5.83. The van der Waals surface area contributed by atoms with Crippen LogP contribution in [0.25, 0.3) is 0 Å². The average Bonchev–Trinajstić information content (AvgIpc) is 3.08. The lowest BCUT2D eigenvalue weighted by Gasteiger charge is -2.39. The normalized spacial score (nSPS) is 22.0. The van der Waals surface area contributed by atoms with Gasteiger partial charge in [0.2, 0.25) is 5.60 Å². The van der Waals surface area contributed by atoms with Crippen LogP contribution in [0, 0.1) is 5.82 Å². The Hall–Kier alpha value is -2.97. The highest BCUT2D eigenvalue weighted by molar-refractivity contribution is 6.02. The third-order valence-electron chi connectivity index (χ3n) is 3.92. The maximum absolute atomic E-state index is 14.4. The predicted octanol–water partition coefficient (Wildman–Crippen LogP) is 2.87. The monoisotopic (exact) mass is 353 g/mol. The number of hydrogen-bond acceptors (Lipinski definition) is 5. The van der Waals surface area contributed by atoms with Gasteiger partial charge in [-0.3, -0.25) is 4.79 Å². The number of ether oxygens (including phenoxy) is 1. The number of carbonyl (C=O) groups excluding carboxylic acids is 1. The average molecular weight is 353 g/mol. The van der Waals surface area contributed by atoms with Gasteiger partial charge in [0.25, 0.3) is 11.9 Å². The molecule has 0 aliphatic carbocycles. The molecule has 1 aromatic carbocycles. The fourth-order valence-corrected chi connectivity index (χ4v) is 2.47. The highest BCUT2D eigenvalue weighted by Crippen LogP contribution is 2.44. The lowest BCUT2D eigenvalue weighted by Crippen LogP contribution is -2.53. The number of furan rings is 1. The minimum atomic E-state index is -3.50. The first kappa shape index (κ1) is 16.9. The van der Waals surface area contributed by atoms with Crippen LogP contribution in [0.4, 0.5) is 18.9 Å². The summed E-state index contributed by atoms with van der Waals surface area (Å²) < 4.78 is 52.9. The number of amides is 1. The zero-order valence-corrected chi connectivity index (χ0v) is 13.1. The SMILES string of the molecule is C[C@]1(c2cc(NC(=O)c3ccco3)ccc2F)OC(N)=NCC1(F)F. The molecule has 1 amide bonds. The summed E-state index contributed by atoms with van der Waals surface area (Å²) in [5.41, 5.74) is 2.67. The van der Waals surface area contributed by atoms with Crippen LogP contribution in [-0.2, 0) is 10.3 Å². The maximum atomic E-state index is 14.4. The van der Waals surface area contributed by atoms with Gasteiger partial charge in [0.15, 0.2) is 5.76 Å². The van der Waals surface area contributed by atoms with E-state index >= 15 is 0 Å². The van der Waals surface area contributed by atoms with Crippen molar-refractivity contribution in [3.05, 3.63) is 53.7 Å². The van der Waals surface area contributed by atoms with Gasteiger partial charge in [-0.05, 0) is 37.3 Å². The van der Waals surface area contributed by atoms with Crippen molar-refractivity contribution < 1.29 is 27.1 Å². The van der Waals surface area contributed by atoms with E-state index in [0.29, 0.717) is 0 Å². The first-order valence-electron chi connectivity index (χ1n) is 7.24. The number of rotatable bonds is 3. The molecule has 0 radical (unpaired) electrons. The van der Waals surface area contributed by atoms with Gasteiger partial charge < -0.3 is 20.2 Å². The summed E-state index contributed by atoms with van der Waals surface area (Å²) in [4.78, 5) is 15.3. The number of nitrogens with two attached hydrogens (primary N) is 1. The van der Waals surface area contributed by atoms with Crippen molar-refractivity contribution in [2.45, 2.75) is 18.4 Å². The summed E-state index contributed by atoms with van der Waals surface area (Å²) >= 11 is 0. The van der Waals surface area contributed by atoms with Crippen LogP contribution in [0.5, 0.6) is 0 Å². The smallest absolute Gasteiger partial charge is 0.310 e. The molecule has 0 spiro atoms. The van der Waals surface area contributed by atoms with Crippen LogP contribution in [0.2, 0.25) is 0 Å². The highest BCUT2D eigenvalue weighted by Gasteiger charge is 2.57. The van der Waals surface area contributed by atoms with Gasteiger partial charge in [0.05, 0.1) is 6.26 Å². The van der Waals surface area contributed by atoms with Crippen molar-refractivity contribution >= 4 is 17.6 Å². The molecular weight excluding hydrogens is 339 g/mol. The molecule has 0 saturated heterocycles. The van der Waals surface area contributed by atoms with E-state index in [1.54, 1.807) is 0 Å². The van der Waals surface area contributed by atoms with Crippen LogP contribution < -0.4 is 11.1 Å². The van der Waals surface area contributed by atoms with E-state index in [1.807, 2.05) is 0 Å². The zero-order chi connectivity index (χ0) is 18.2. The standard InChI is InChI=1S/C16H14F3N3O3/c1-15(16(18,19)8-21-14(20)25-15)10-7-9(4-5-11(10)17)22-13(23)12-3-2-6-24-12/h2-7H,8H2,1H3,(H2,20,21)(H,22,23)/t15-/m1/s1. The largest absolute Gasteiger partial charge is 0.459 e. The quantitative estimate of drug-likeness (QED) is 0.888. The molecule has 1 atom stereocenters. The first-order chi connectivity index (χ1) is 11.7. The number of nitrogens with zero attached hydrogens (tertiary/aromatic N) is 1. The van der Waals surface area contributed by atoms with Crippen LogP contribution in [0.3, 0.4) is 0 Å². The molecular formula is C16H14F3N3O3.